The Hall–Kier alpha value is -1.55. The molecule has 30 heavy (non-hydrogen) atoms. The van der Waals surface area contributed by atoms with Crippen LogP contribution < -0.4 is 0 Å². The van der Waals surface area contributed by atoms with Crippen LogP contribution in [0.2, 0.25) is 0 Å². The van der Waals surface area contributed by atoms with Crippen molar-refractivity contribution in [3.05, 3.63) is 65.7 Å². The fraction of sp³-hybridized carbons (Fsp3) is 0.538. The number of fused-ring (bicyclic) bond motifs is 2. The molecule has 3 fully saturated rings. The average Bonchev–Trinajstić information content (AvgIpc) is 2.70. The van der Waals surface area contributed by atoms with Gasteiger partial charge in [-0.15, -0.1) is 12.4 Å². The lowest BCUT2D eigenvalue weighted by Gasteiger charge is -2.68. The molecule has 4 heteroatoms. The van der Waals surface area contributed by atoms with Crippen LogP contribution in [0.1, 0.15) is 38.3 Å². The van der Waals surface area contributed by atoms with Crippen LogP contribution >= 0.6 is 12.4 Å². The van der Waals surface area contributed by atoms with Crippen molar-refractivity contribution in [3.8, 4) is 5.75 Å². The van der Waals surface area contributed by atoms with Gasteiger partial charge in [0.05, 0.1) is 5.60 Å². The monoisotopic (exact) mass is 429 g/mol. The van der Waals surface area contributed by atoms with E-state index in [0.29, 0.717) is 11.8 Å². The molecule has 0 heterocycles. The van der Waals surface area contributed by atoms with Gasteiger partial charge in [0.1, 0.15) is 5.75 Å². The molecule has 164 valence electrons. The summed E-state index contributed by atoms with van der Waals surface area (Å²) in [5.41, 5.74) is 1.58. The van der Waals surface area contributed by atoms with Gasteiger partial charge in [-0.3, -0.25) is 0 Å². The van der Waals surface area contributed by atoms with Crippen molar-refractivity contribution in [1.29, 1.82) is 0 Å². The van der Waals surface area contributed by atoms with E-state index in [1.807, 2.05) is 12.1 Å². The van der Waals surface area contributed by atoms with Crippen LogP contribution in [-0.2, 0) is 12.0 Å². The fourth-order valence-electron chi connectivity index (χ4n) is 6.37. The minimum absolute atomic E-state index is 0. The first kappa shape index (κ1) is 23.1. The van der Waals surface area contributed by atoms with Crippen LogP contribution in [0.3, 0.4) is 0 Å². The number of hydrogen-bond acceptors (Lipinski definition) is 3. The molecular formula is C26H36ClNO2. The van der Waals surface area contributed by atoms with Crippen molar-refractivity contribution in [2.24, 2.45) is 29.1 Å². The van der Waals surface area contributed by atoms with E-state index in [4.69, 9.17) is 0 Å². The zero-order valence-electron chi connectivity index (χ0n) is 18.6. The quantitative estimate of drug-likeness (QED) is 0.671. The summed E-state index contributed by atoms with van der Waals surface area (Å²) >= 11 is 0. The average molecular weight is 430 g/mol. The van der Waals surface area contributed by atoms with Crippen molar-refractivity contribution in [2.45, 2.75) is 39.2 Å². The van der Waals surface area contributed by atoms with Gasteiger partial charge < -0.3 is 15.1 Å². The standard InChI is InChI=1S/C26H35NO2.ClH/c1-18-22-16-23(25(22,2)3)24(26(18,29)20-11-8-12-21(28)15-20)17-27(4)14-13-19-9-6-5-7-10-19;/h5-12,15,18,22-24,28-29H,13-14,16-17H2,1-4H3;1H/t18-,22-,23+,24-,26-;/m0./s1. The van der Waals surface area contributed by atoms with E-state index >= 15 is 0 Å². The number of aromatic hydroxyl groups is 1. The van der Waals surface area contributed by atoms with Crippen LogP contribution in [0, 0.1) is 29.1 Å². The van der Waals surface area contributed by atoms with Gasteiger partial charge in [0.15, 0.2) is 0 Å². The minimum Gasteiger partial charge on any atom is -0.508 e. The van der Waals surface area contributed by atoms with Crippen LogP contribution in [0.4, 0.5) is 0 Å². The van der Waals surface area contributed by atoms with E-state index < -0.39 is 5.60 Å². The Kier molecular flexibility index (Phi) is 6.57. The van der Waals surface area contributed by atoms with E-state index in [9.17, 15) is 10.2 Å². The number of rotatable bonds is 6. The van der Waals surface area contributed by atoms with Gasteiger partial charge in [0.25, 0.3) is 0 Å². The van der Waals surface area contributed by atoms with Crippen molar-refractivity contribution in [2.75, 3.05) is 20.1 Å². The maximum atomic E-state index is 12.1. The summed E-state index contributed by atoms with van der Waals surface area (Å²) in [6.45, 7) is 8.80. The summed E-state index contributed by atoms with van der Waals surface area (Å²) in [5.74, 6) is 1.57. The third-order valence-electron chi connectivity index (χ3n) is 8.21. The van der Waals surface area contributed by atoms with Gasteiger partial charge in [0.2, 0.25) is 0 Å². The predicted octanol–water partition coefficient (Wildman–Crippen LogP) is 5.10. The zero-order chi connectivity index (χ0) is 20.8. The van der Waals surface area contributed by atoms with Gasteiger partial charge >= 0.3 is 0 Å². The number of phenolic OH excluding ortho intramolecular Hbond substituents is 1. The molecule has 0 amide bonds. The Morgan fingerprint density at radius 1 is 1.03 bits per heavy atom. The first-order chi connectivity index (χ1) is 13.7. The molecular weight excluding hydrogens is 394 g/mol. The SMILES string of the molecule is C[C@H]1[C@@H]2C[C@H]([C@H](CN(C)CCc3ccccc3)[C@@]1(O)c1cccc(O)c1)C2(C)C.Cl. The summed E-state index contributed by atoms with van der Waals surface area (Å²) in [7, 11) is 2.17. The Balaban J connectivity index is 0.00000256. The normalized spacial score (nSPS) is 31.7. The minimum atomic E-state index is -0.900. The molecule has 3 nitrogen and oxygen atoms in total. The molecule has 5 rings (SSSR count). The van der Waals surface area contributed by atoms with Gasteiger partial charge in [0, 0.05) is 19.0 Å². The molecule has 2 aromatic carbocycles. The van der Waals surface area contributed by atoms with E-state index in [1.165, 1.54) is 12.0 Å². The number of benzene rings is 2. The molecule has 0 spiro atoms. The summed E-state index contributed by atoms with van der Waals surface area (Å²) in [6.07, 6.45) is 2.22. The second-order valence-corrected chi connectivity index (χ2v) is 10.0. The van der Waals surface area contributed by atoms with E-state index in [0.717, 1.165) is 25.1 Å². The van der Waals surface area contributed by atoms with Crippen LogP contribution in [0.15, 0.2) is 54.6 Å². The highest BCUT2D eigenvalue weighted by molar-refractivity contribution is 5.85. The van der Waals surface area contributed by atoms with Crippen molar-refractivity contribution < 1.29 is 10.2 Å². The Bertz CT molecular complexity index is 855. The van der Waals surface area contributed by atoms with Gasteiger partial charge in [-0.05, 0) is 66.3 Å². The molecule has 3 aliphatic rings. The van der Waals surface area contributed by atoms with Crippen molar-refractivity contribution in [3.63, 3.8) is 0 Å². The van der Waals surface area contributed by atoms with E-state index in [1.54, 1.807) is 12.1 Å². The van der Waals surface area contributed by atoms with E-state index in [-0.39, 0.29) is 35.4 Å². The molecule has 3 aliphatic carbocycles. The lowest BCUT2D eigenvalue weighted by molar-refractivity contribution is -0.257. The predicted molar refractivity (Wildman–Crippen MR) is 125 cm³/mol. The number of likely N-dealkylation sites (N-methyl/N-ethyl adjacent to an activating group) is 1. The third kappa shape index (κ3) is 3.77. The number of phenols is 1. The summed E-state index contributed by atoms with van der Waals surface area (Å²) in [4.78, 5) is 2.38. The molecule has 0 radical (unpaired) electrons. The molecule has 2 N–H and O–H groups in total. The number of hydrogen-bond donors (Lipinski definition) is 2. The van der Waals surface area contributed by atoms with Crippen LogP contribution in [0.5, 0.6) is 5.75 Å². The fourth-order valence-corrected chi connectivity index (χ4v) is 6.37. The molecule has 2 aromatic rings. The van der Waals surface area contributed by atoms with Gasteiger partial charge in [-0.2, -0.15) is 0 Å². The second-order valence-electron chi connectivity index (χ2n) is 10.0. The molecule has 0 unspecified atom stereocenters. The Morgan fingerprint density at radius 3 is 2.37 bits per heavy atom. The molecule has 0 saturated heterocycles. The maximum absolute atomic E-state index is 12.1. The zero-order valence-corrected chi connectivity index (χ0v) is 19.4. The Labute approximate surface area is 187 Å². The number of nitrogens with zero attached hydrogens (tertiary/aromatic N) is 1. The Morgan fingerprint density at radius 2 is 1.73 bits per heavy atom. The number of aliphatic hydroxyl groups is 1. The van der Waals surface area contributed by atoms with Crippen LogP contribution in [-0.4, -0.2) is 35.3 Å². The first-order valence-corrected chi connectivity index (χ1v) is 11.0. The highest BCUT2D eigenvalue weighted by atomic mass is 35.5. The molecule has 5 atom stereocenters. The van der Waals surface area contributed by atoms with E-state index in [2.05, 4.69) is 63.1 Å². The first-order valence-electron chi connectivity index (χ1n) is 11.0. The largest absolute Gasteiger partial charge is 0.508 e. The molecule has 2 bridgehead atoms. The smallest absolute Gasteiger partial charge is 0.115 e. The maximum Gasteiger partial charge on any atom is 0.115 e. The lowest BCUT2D eigenvalue weighted by atomic mass is 9.38. The van der Waals surface area contributed by atoms with Gasteiger partial charge in [-0.25, -0.2) is 0 Å². The van der Waals surface area contributed by atoms with Crippen LogP contribution in [0.25, 0.3) is 0 Å². The lowest BCUT2D eigenvalue weighted by Crippen LogP contribution is -2.67. The third-order valence-corrected chi connectivity index (χ3v) is 8.21. The summed E-state index contributed by atoms with van der Waals surface area (Å²) < 4.78 is 0. The van der Waals surface area contributed by atoms with Gasteiger partial charge in [-0.1, -0.05) is 63.2 Å². The molecule has 3 saturated carbocycles. The highest BCUT2D eigenvalue weighted by Crippen LogP contribution is 2.68. The summed E-state index contributed by atoms with van der Waals surface area (Å²) in [6, 6.07) is 17.9. The molecule has 0 aliphatic heterocycles. The van der Waals surface area contributed by atoms with Crippen molar-refractivity contribution >= 4 is 12.4 Å². The number of halogens is 1. The summed E-state index contributed by atoms with van der Waals surface area (Å²) in [5, 5.41) is 22.2. The molecule has 0 aromatic heterocycles. The van der Waals surface area contributed by atoms with Crippen molar-refractivity contribution in [1.82, 2.24) is 4.90 Å². The topological polar surface area (TPSA) is 43.7 Å². The highest BCUT2D eigenvalue weighted by Gasteiger charge is 2.66. The second kappa shape index (κ2) is 8.53.